The van der Waals surface area contributed by atoms with Crippen molar-refractivity contribution in [3.8, 4) is 11.1 Å². The highest BCUT2D eigenvalue weighted by Crippen LogP contribution is 2.31. The number of aliphatic hydroxyl groups excluding tert-OH is 1. The summed E-state index contributed by atoms with van der Waals surface area (Å²) in [6, 6.07) is 18.4. The number of morpholine rings is 1. The van der Waals surface area contributed by atoms with Gasteiger partial charge in [-0.3, -0.25) is 4.79 Å². The minimum atomic E-state index is -0.296. The fourth-order valence-electron chi connectivity index (χ4n) is 4.00. The van der Waals surface area contributed by atoms with Crippen LogP contribution in [0.3, 0.4) is 0 Å². The number of fused-ring (bicyclic) bond motifs is 1. The Kier molecular flexibility index (Phi) is 5.51. The third-order valence-corrected chi connectivity index (χ3v) is 6.79. The molecule has 32 heavy (non-hydrogen) atoms. The fraction of sp³-hybridized carbons (Fsp3) is 0.200. The first-order valence-corrected chi connectivity index (χ1v) is 11.3. The Balaban J connectivity index is 1.64. The second-order valence-electron chi connectivity index (χ2n) is 7.72. The fourth-order valence-corrected chi connectivity index (χ4v) is 5.09. The molecule has 0 atom stereocenters. The number of anilines is 1. The van der Waals surface area contributed by atoms with E-state index in [1.165, 1.54) is 11.3 Å². The molecule has 1 aliphatic heterocycles. The summed E-state index contributed by atoms with van der Waals surface area (Å²) in [7, 11) is 0. The molecule has 6 nitrogen and oxygen atoms in total. The average molecular weight is 446 g/mol. The van der Waals surface area contributed by atoms with Crippen LogP contribution in [0.25, 0.3) is 27.2 Å². The summed E-state index contributed by atoms with van der Waals surface area (Å²) in [5.74, 6) is -0.247. The lowest BCUT2D eigenvalue weighted by molar-refractivity contribution is 0.122. The van der Waals surface area contributed by atoms with Crippen LogP contribution >= 0.6 is 11.3 Å². The van der Waals surface area contributed by atoms with Gasteiger partial charge in [0.2, 0.25) is 5.43 Å². The second kappa shape index (κ2) is 8.61. The Bertz CT molecular complexity index is 1340. The average Bonchev–Trinajstić information content (AvgIpc) is 3.29. The smallest absolute Gasteiger partial charge is 0.219 e. The van der Waals surface area contributed by atoms with E-state index >= 15 is 0 Å². The molecular formula is C25H23N3O3S. The summed E-state index contributed by atoms with van der Waals surface area (Å²) in [5.41, 5.74) is 3.61. The van der Waals surface area contributed by atoms with Gasteiger partial charge in [-0.25, -0.2) is 4.98 Å². The Hall–Kier alpha value is -3.42. The predicted octanol–water partition coefficient (Wildman–Crippen LogP) is 4.54. The van der Waals surface area contributed by atoms with Crippen LogP contribution in [-0.4, -0.2) is 41.0 Å². The van der Waals surface area contributed by atoms with Gasteiger partial charge in [0, 0.05) is 25.8 Å². The third-order valence-electron chi connectivity index (χ3n) is 5.64. The van der Waals surface area contributed by atoms with Gasteiger partial charge < -0.3 is 19.3 Å². The first-order chi connectivity index (χ1) is 15.6. The van der Waals surface area contributed by atoms with Gasteiger partial charge in [0.25, 0.3) is 0 Å². The molecule has 0 bridgehead atoms. The summed E-state index contributed by atoms with van der Waals surface area (Å²) >= 11 is 1.50. The van der Waals surface area contributed by atoms with Crippen molar-refractivity contribution in [2.45, 2.75) is 6.54 Å². The van der Waals surface area contributed by atoms with Gasteiger partial charge in [-0.1, -0.05) is 72.5 Å². The topological polar surface area (TPSA) is 67.6 Å². The summed E-state index contributed by atoms with van der Waals surface area (Å²) < 4.78 is 7.45. The summed E-state index contributed by atoms with van der Waals surface area (Å²) in [6.45, 7) is 6.89. The number of ether oxygens (including phenoxy) is 1. The summed E-state index contributed by atoms with van der Waals surface area (Å²) in [4.78, 5) is 20.6. The third kappa shape index (κ3) is 3.81. The van der Waals surface area contributed by atoms with Crippen LogP contribution in [0.5, 0.6) is 0 Å². The molecule has 1 N–H and O–H groups in total. The van der Waals surface area contributed by atoms with Crippen LogP contribution in [0, 0.1) is 0 Å². The van der Waals surface area contributed by atoms with Gasteiger partial charge in [-0.15, -0.1) is 0 Å². The van der Waals surface area contributed by atoms with Crippen molar-refractivity contribution in [3.63, 3.8) is 0 Å². The van der Waals surface area contributed by atoms with Crippen LogP contribution in [0.4, 0.5) is 5.13 Å². The standard InChI is InChI=1S/C25H23N3O3S/c1-17(29)21-16-28(15-19-9-5-6-10-20(19)18-7-3-2-4-8-18)24-22(23(21)30)26-25(32-24)27-11-13-31-14-12-27/h2-10,16,29H,1,11-15H2. The number of benzene rings is 2. The van der Waals surface area contributed by atoms with Crippen LogP contribution in [0.2, 0.25) is 0 Å². The van der Waals surface area contributed by atoms with Gasteiger partial charge in [-0.05, 0) is 16.7 Å². The van der Waals surface area contributed by atoms with Gasteiger partial charge in [-0.2, -0.15) is 0 Å². The number of rotatable bonds is 5. The number of nitrogens with zero attached hydrogens (tertiary/aromatic N) is 3. The van der Waals surface area contributed by atoms with Crippen LogP contribution in [-0.2, 0) is 11.3 Å². The highest BCUT2D eigenvalue weighted by atomic mass is 32.1. The molecule has 2 aromatic heterocycles. The van der Waals surface area contributed by atoms with Crippen molar-refractivity contribution in [1.82, 2.24) is 9.55 Å². The monoisotopic (exact) mass is 445 g/mol. The first-order valence-electron chi connectivity index (χ1n) is 10.5. The van der Waals surface area contributed by atoms with Gasteiger partial charge >= 0.3 is 0 Å². The molecule has 0 spiro atoms. The molecule has 3 heterocycles. The van der Waals surface area contributed by atoms with Crippen molar-refractivity contribution < 1.29 is 9.84 Å². The maximum absolute atomic E-state index is 13.0. The summed E-state index contributed by atoms with van der Waals surface area (Å²) in [5, 5.41) is 10.9. The molecule has 1 aliphatic rings. The Morgan fingerprint density at radius 3 is 2.56 bits per heavy atom. The van der Waals surface area contributed by atoms with E-state index in [2.05, 4.69) is 40.7 Å². The van der Waals surface area contributed by atoms with Crippen LogP contribution in [0.1, 0.15) is 11.1 Å². The molecule has 7 heteroatoms. The van der Waals surface area contributed by atoms with Crippen molar-refractivity contribution in [1.29, 1.82) is 0 Å². The zero-order valence-corrected chi connectivity index (χ0v) is 18.3. The number of aromatic nitrogens is 2. The Morgan fingerprint density at radius 2 is 1.81 bits per heavy atom. The lowest BCUT2D eigenvalue weighted by atomic mass is 9.99. The normalized spacial score (nSPS) is 14.1. The number of thiazole rings is 1. The SMILES string of the molecule is C=C(O)c1cn(Cc2ccccc2-c2ccccc2)c2sc(N3CCOCC3)nc2c1=O. The Morgan fingerprint density at radius 1 is 1.09 bits per heavy atom. The predicted molar refractivity (Wildman–Crippen MR) is 130 cm³/mol. The first kappa shape index (κ1) is 20.5. The van der Waals surface area contributed by atoms with Crippen molar-refractivity contribution in [3.05, 3.63) is 88.7 Å². The van der Waals surface area contributed by atoms with E-state index in [9.17, 15) is 9.90 Å². The molecule has 5 rings (SSSR count). The van der Waals surface area contributed by atoms with E-state index in [0.717, 1.165) is 39.7 Å². The minimum absolute atomic E-state index is 0.175. The second-order valence-corrected chi connectivity index (χ2v) is 8.68. The maximum Gasteiger partial charge on any atom is 0.219 e. The van der Waals surface area contributed by atoms with E-state index in [-0.39, 0.29) is 16.8 Å². The molecule has 0 amide bonds. The highest BCUT2D eigenvalue weighted by molar-refractivity contribution is 7.21. The van der Waals surface area contributed by atoms with E-state index < -0.39 is 0 Å². The van der Waals surface area contributed by atoms with E-state index in [1.54, 1.807) is 6.20 Å². The molecule has 0 radical (unpaired) electrons. The zero-order chi connectivity index (χ0) is 22.1. The number of pyridine rings is 1. The lowest BCUT2D eigenvalue weighted by Crippen LogP contribution is -2.36. The summed E-state index contributed by atoms with van der Waals surface area (Å²) in [6.07, 6.45) is 1.69. The van der Waals surface area contributed by atoms with Crippen LogP contribution < -0.4 is 10.3 Å². The largest absolute Gasteiger partial charge is 0.508 e. The van der Waals surface area contributed by atoms with Crippen LogP contribution in [0.15, 0.2) is 72.2 Å². The highest BCUT2D eigenvalue weighted by Gasteiger charge is 2.21. The van der Waals surface area contributed by atoms with Crippen molar-refractivity contribution >= 4 is 32.6 Å². The molecule has 0 saturated carbocycles. The molecule has 0 unspecified atom stereocenters. The van der Waals surface area contributed by atoms with Gasteiger partial charge in [0.1, 0.15) is 16.1 Å². The van der Waals surface area contributed by atoms with Crippen molar-refractivity contribution in [2.24, 2.45) is 0 Å². The quantitative estimate of drug-likeness (QED) is 0.457. The zero-order valence-electron chi connectivity index (χ0n) is 17.5. The number of aliphatic hydroxyl groups is 1. The Labute approximate surface area is 189 Å². The lowest BCUT2D eigenvalue weighted by Gasteiger charge is -2.25. The van der Waals surface area contributed by atoms with E-state index in [4.69, 9.17) is 4.74 Å². The van der Waals surface area contributed by atoms with E-state index in [1.807, 2.05) is 34.9 Å². The molecule has 0 aliphatic carbocycles. The maximum atomic E-state index is 13.0. The molecule has 1 saturated heterocycles. The van der Waals surface area contributed by atoms with Crippen molar-refractivity contribution in [2.75, 3.05) is 31.2 Å². The van der Waals surface area contributed by atoms with Gasteiger partial charge in [0.15, 0.2) is 5.13 Å². The van der Waals surface area contributed by atoms with Gasteiger partial charge in [0.05, 0.1) is 18.8 Å². The molecule has 1 fully saturated rings. The molecular weight excluding hydrogens is 422 g/mol. The molecule has 4 aromatic rings. The number of hydrogen-bond donors (Lipinski definition) is 1. The van der Waals surface area contributed by atoms with E-state index in [0.29, 0.717) is 25.3 Å². The molecule has 2 aromatic carbocycles. The number of hydrogen-bond acceptors (Lipinski definition) is 6. The molecule has 162 valence electrons. The minimum Gasteiger partial charge on any atom is -0.508 e.